The van der Waals surface area contributed by atoms with Crippen LogP contribution in [0.1, 0.15) is 50.8 Å². The molecule has 2 heterocycles. The van der Waals surface area contributed by atoms with E-state index in [9.17, 15) is 18.0 Å². The maximum atomic E-state index is 12.7. The van der Waals surface area contributed by atoms with Crippen LogP contribution in [-0.2, 0) is 37.4 Å². The van der Waals surface area contributed by atoms with E-state index in [1.807, 2.05) is 6.92 Å². The molecule has 0 radical (unpaired) electrons. The first-order chi connectivity index (χ1) is 15.3. The number of aryl methyl sites for hydroxylation is 1. The van der Waals surface area contributed by atoms with Gasteiger partial charge in [-0.05, 0) is 43.9 Å². The largest absolute Gasteiger partial charge is 0.459 e. The molecule has 0 N–H and O–H groups in total. The van der Waals surface area contributed by atoms with Gasteiger partial charge in [-0.3, -0.25) is 14.5 Å². The van der Waals surface area contributed by atoms with Crippen LogP contribution in [0.3, 0.4) is 0 Å². The van der Waals surface area contributed by atoms with Gasteiger partial charge in [0.15, 0.2) is 5.13 Å². The molecule has 174 valence electrons. The maximum absolute atomic E-state index is 12.7. The molecule has 32 heavy (non-hydrogen) atoms. The quantitative estimate of drug-likeness (QED) is 0.512. The van der Waals surface area contributed by atoms with E-state index in [2.05, 4.69) is 4.98 Å². The molecule has 0 atom stereocenters. The Morgan fingerprint density at radius 1 is 1.16 bits per heavy atom. The number of sulfonamides is 1. The minimum Gasteiger partial charge on any atom is -0.459 e. The number of anilines is 1. The number of ether oxygens (including phenoxy) is 1. The molecule has 2 aromatic rings. The zero-order valence-electron chi connectivity index (χ0n) is 18.5. The van der Waals surface area contributed by atoms with Crippen LogP contribution >= 0.6 is 11.3 Å². The lowest BCUT2D eigenvalue weighted by molar-refractivity contribution is -0.145. The molecule has 1 saturated heterocycles. The first kappa shape index (κ1) is 24.3. The van der Waals surface area contributed by atoms with Crippen LogP contribution in [0.2, 0.25) is 0 Å². The van der Waals surface area contributed by atoms with E-state index in [1.165, 1.54) is 18.3 Å². The first-order valence-electron chi connectivity index (χ1n) is 10.8. The Balaban J connectivity index is 1.48. The molecule has 3 rings (SSSR count). The van der Waals surface area contributed by atoms with E-state index in [-0.39, 0.29) is 29.8 Å². The number of benzene rings is 1. The highest BCUT2D eigenvalue weighted by Crippen LogP contribution is 2.22. The lowest BCUT2D eigenvalue weighted by Gasteiger charge is -2.25. The Morgan fingerprint density at radius 3 is 2.47 bits per heavy atom. The highest BCUT2D eigenvalue weighted by atomic mass is 32.2. The standard InChI is InChI=1S/C22H29N3O5S2/c1-3-25(17(2)26)22-23-19(16-31-22)15-30-21(27)12-9-18-7-10-20(11-8-18)32(28,29)24-13-5-4-6-14-24/h7-8,10-11,16H,3-6,9,12-15H2,1-2H3. The summed E-state index contributed by atoms with van der Waals surface area (Å²) in [5, 5.41) is 2.36. The fraction of sp³-hybridized carbons (Fsp3) is 0.500. The predicted molar refractivity (Wildman–Crippen MR) is 123 cm³/mol. The lowest BCUT2D eigenvalue weighted by atomic mass is 10.1. The van der Waals surface area contributed by atoms with Crippen LogP contribution in [0.5, 0.6) is 0 Å². The van der Waals surface area contributed by atoms with Gasteiger partial charge in [-0.1, -0.05) is 18.6 Å². The van der Waals surface area contributed by atoms with Crippen LogP contribution in [-0.4, -0.2) is 49.2 Å². The van der Waals surface area contributed by atoms with Crippen molar-refractivity contribution >= 4 is 38.4 Å². The van der Waals surface area contributed by atoms with Gasteiger partial charge in [-0.2, -0.15) is 4.31 Å². The van der Waals surface area contributed by atoms with Crippen molar-refractivity contribution in [2.24, 2.45) is 0 Å². The third kappa shape index (κ3) is 6.14. The van der Waals surface area contributed by atoms with E-state index >= 15 is 0 Å². The number of nitrogens with zero attached hydrogens (tertiary/aromatic N) is 3. The summed E-state index contributed by atoms with van der Waals surface area (Å²) >= 11 is 1.34. The van der Waals surface area contributed by atoms with E-state index in [0.29, 0.717) is 36.9 Å². The van der Waals surface area contributed by atoms with Gasteiger partial charge in [0.25, 0.3) is 0 Å². The normalized spacial score (nSPS) is 14.8. The number of esters is 1. The van der Waals surface area contributed by atoms with Gasteiger partial charge < -0.3 is 4.74 Å². The Kier molecular flexibility index (Phi) is 8.38. The maximum Gasteiger partial charge on any atom is 0.306 e. The van der Waals surface area contributed by atoms with Crippen molar-refractivity contribution in [1.82, 2.24) is 9.29 Å². The molecular formula is C22H29N3O5S2. The molecule has 1 aromatic carbocycles. The van der Waals surface area contributed by atoms with Crippen molar-refractivity contribution in [2.75, 3.05) is 24.5 Å². The molecule has 0 saturated carbocycles. The first-order valence-corrected chi connectivity index (χ1v) is 13.1. The van der Waals surface area contributed by atoms with Gasteiger partial charge in [-0.25, -0.2) is 13.4 Å². The van der Waals surface area contributed by atoms with E-state index < -0.39 is 10.0 Å². The van der Waals surface area contributed by atoms with Crippen LogP contribution < -0.4 is 4.90 Å². The van der Waals surface area contributed by atoms with Gasteiger partial charge in [0.05, 0.1) is 10.6 Å². The Hall–Kier alpha value is -2.30. The number of hydrogen-bond acceptors (Lipinski definition) is 7. The second kappa shape index (κ2) is 11.0. The SMILES string of the molecule is CCN(C(C)=O)c1nc(COC(=O)CCc2ccc(S(=O)(=O)N3CCCCC3)cc2)cs1. The molecule has 10 heteroatoms. The number of amides is 1. The van der Waals surface area contributed by atoms with Gasteiger partial charge in [0, 0.05) is 38.4 Å². The van der Waals surface area contributed by atoms with Crippen molar-refractivity contribution in [2.45, 2.75) is 57.5 Å². The molecular weight excluding hydrogens is 450 g/mol. The predicted octanol–water partition coefficient (Wildman–Crippen LogP) is 3.37. The zero-order chi connectivity index (χ0) is 23.1. The summed E-state index contributed by atoms with van der Waals surface area (Å²) in [6.07, 6.45) is 3.51. The zero-order valence-corrected chi connectivity index (χ0v) is 20.1. The number of carbonyl (C=O) groups excluding carboxylic acids is 2. The molecule has 0 unspecified atom stereocenters. The topological polar surface area (TPSA) is 96.9 Å². The van der Waals surface area contributed by atoms with Crippen molar-refractivity contribution < 1.29 is 22.7 Å². The average Bonchev–Trinajstić information content (AvgIpc) is 3.26. The summed E-state index contributed by atoms with van der Waals surface area (Å²) in [6, 6.07) is 6.71. The third-order valence-electron chi connectivity index (χ3n) is 5.34. The molecule has 0 spiro atoms. The summed E-state index contributed by atoms with van der Waals surface area (Å²) < 4.78 is 32.3. The fourth-order valence-corrected chi connectivity index (χ4v) is 5.97. The molecule has 1 aromatic heterocycles. The van der Waals surface area contributed by atoms with Crippen LogP contribution in [0.15, 0.2) is 34.5 Å². The monoisotopic (exact) mass is 479 g/mol. The third-order valence-corrected chi connectivity index (χ3v) is 8.17. The minimum atomic E-state index is -3.45. The van der Waals surface area contributed by atoms with Crippen molar-refractivity contribution in [3.05, 3.63) is 40.9 Å². The molecule has 8 nitrogen and oxygen atoms in total. The average molecular weight is 480 g/mol. The van der Waals surface area contributed by atoms with Crippen molar-refractivity contribution in [1.29, 1.82) is 0 Å². The Bertz CT molecular complexity index is 1030. The number of carbonyl (C=O) groups is 2. The van der Waals surface area contributed by atoms with E-state index in [4.69, 9.17) is 4.74 Å². The lowest BCUT2D eigenvalue weighted by Crippen LogP contribution is -2.35. The summed E-state index contributed by atoms with van der Waals surface area (Å²) in [6.45, 7) is 5.08. The highest BCUT2D eigenvalue weighted by Gasteiger charge is 2.25. The van der Waals surface area contributed by atoms with Gasteiger partial charge in [-0.15, -0.1) is 11.3 Å². The highest BCUT2D eigenvalue weighted by molar-refractivity contribution is 7.89. The van der Waals surface area contributed by atoms with Crippen molar-refractivity contribution in [3.63, 3.8) is 0 Å². The summed E-state index contributed by atoms with van der Waals surface area (Å²) in [4.78, 5) is 29.9. The number of thiazole rings is 1. The van der Waals surface area contributed by atoms with Gasteiger partial charge in [0.2, 0.25) is 15.9 Å². The molecule has 0 aliphatic carbocycles. The second-order valence-corrected chi connectivity index (χ2v) is 10.4. The molecule has 1 fully saturated rings. The second-order valence-electron chi connectivity index (χ2n) is 7.65. The molecule has 1 aliphatic rings. The van der Waals surface area contributed by atoms with Crippen LogP contribution in [0, 0.1) is 0 Å². The van der Waals surface area contributed by atoms with E-state index in [0.717, 1.165) is 24.8 Å². The van der Waals surface area contributed by atoms with Crippen molar-refractivity contribution in [3.8, 4) is 0 Å². The Morgan fingerprint density at radius 2 is 1.84 bits per heavy atom. The number of rotatable bonds is 9. The Labute approximate surface area is 193 Å². The van der Waals surface area contributed by atoms with Gasteiger partial charge in [0.1, 0.15) is 6.61 Å². The summed E-state index contributed by atoms with van der Waals surface area (Å²) in [5.74, 6) is -0.441. The van der Waals surface area contributed by atoms with Gasteiger partial charge >= 0.3 is 5.97 Å². The molecule has 1 amide bonds. The fourth-order valence-electron chi connectivity index (χ4n) is 3.53. The van der Waals surface area contributed by atoms with E-state index in [1.54, 1.807) is 38.9 Å². The summed E-state index contributed by atoms with van der Waals surface area (Å²) in [5.41, 5.74) is 1.47. The number of hydrogen-bond donors (Lipinski definition) is 0. The minimum absolute atomic E-state index is 0.0534. The van der Waals surface area contributed by atoms with Crippen LogP contribution in [0.4, 0.5) is 5.13 Å². The molecule has 0 bridgehead atoms. The summed E-state index contributed by atoms with van der Waals surface area (Å²) in [7, 11) is -3.45. The number of piperidine rings is 1. The smallest absolute Gasteiger partial charge is 0.306 e. The number of aromatic nitrogens is 1. The molecule has 1 aliphatic heterocycles. The van der Waals surface area contributed by atoms with Crippen LogP contribution in [0.25, 0.3) is 0 Å².